The van der Waals surface area contributed by atoms with Crippen LogP contribution in [0.2, 0.25) is 0 Å². The van der Waals surface area contributed by atoms with Crippen molar-refractivity contribution < 1.29 is 45.4 Å². The second-order valence-corrected chi connectivity index (χ2v) is 13.3. The van der Waals surface area contributed by atoms with Crippen LogP contribution >= 0.6 is 0 Å². The van der Waals surface area contributed by atoms with Gasteiger partial charge in [0.05, 0.1) is 9.79 Å². The second kappa shape index (κ2) is 23.4. The molecule has 2 aromatic rings. The van der Waals surface area contributed by atoms with Gasteiger partial charge in [0.2, 0.25) is 0 Å². The van der Waals surface area contributed by atoms with E-state index in [1.54, 1.807) is 36.4 Å². The molecule has 0 heterocycles. The van der Waals surface area contributed by atoms with Crippen LogP contribution in [0.1, 0.15) is 128 Å². The SMILES string of the molecule is CCCCCCCCCCc1ccccc1S(=O)(=O)[O-].CCCCCCCCCCc1ccccc1S(=O)(=O)[O-].[Zn+2]. The molecule has 0 aliphatic heterocycles. The quantitative estimate of drug-likeness (QED) is 0.0799. The van der Waals surface area contributed by atoms with Crippen molar-refractivity contribution in [3.05, 3.63) is 59.7 Å². The summed E-state index contributed by atoms with van der Waals surface area (Å²) in [7, 11) is -8.68. The summed E-state index contributed by atoms with van der Waals surface area (Å²) in [5.41, 5.74) is 1.32. The normalized spacial score (nSPS) is 11.4. The molecule has 0 atom stereocenters. The van der Waals surface area contributed by atoms with Gasteiger partial charge in [-0.15, -0.1) is 0 Å². The van der Waals surface area contributed by atoms with Crippen LogP contribution in [0.25, 0.3) is 0 Å². The first-order valence-electron chi connectivity index (χ1n) is 15.2. The average Bonchev–Trinajstić information content (AvgIpc) is 2.91. The van der Waals surface area contributed by atoms with Gasteiger partial charge in [0.25, 0.3) is 0 Å². The first-order chi connectivity index (χ1) is 19.1. The molecule has 0 fully saturated rings. The van der Waals surface area contributed by atoms with Crippen LogP contribution in [0.15, 0.2) is 58.3 Å². The first kappa shape index (κ1) is 39.9. The first-order valence-corrected chi connectivity index (χ1v) is 18.0. The van der Waals surface area contributed by atoms with Gasteiger partial charge in [-0.1, -0.05) is 140 Å². The summed E-state index contributed by atoms with van der Waals surface area (Å²) in [6.07, 6.45) is 20.7. The summed E-state index contributed by atoms with van der Waals surface area (Å²) < 4.78 is 66.8. The summed E-state index contributed by atoms with van der Waals surface area (Å²) >= 11 is 0. The van der Waals surface area contributed by atoms with E-state index in [1.165, 1.54) is 89.2 Å². The van der Waals surface area contributed by atoms with Crippen molar-refractivity contribution in [3.63, 3.8) is 0 Å². The monoisotopic (exact) mass is 658 g/mol. The van der Waals surface area contributed by atoms with Crippen molar-refractivity contribution in [2.24, 2.45) is 0 Å². The van der Waals surface area contributed by atoms with E-state index in [2.05, 4.69) is 13.8 Å². The van der Waals surface area contributed by atoms with Crippen molar-refractivity contribution in [2.75, 3.05) is 0 Å². The summed E-state index contributed by atoms with van der Waals surface area (Å²) in [6, 6.07) is 13.1. The summed E-state index contributed by atoms with van der Waals surface area (Å²) in [4.78, 5) is -0.106. The van der Waals surface area contributed by atoms with E-state index in [9.17, 15) is 25.9 Å². The number of hydrogen-bond acceptors (Lipinski definition) is 6. The van der Waals surface area contributed by atoms with Gasteiger partial charge in [0.15, 0.2) is 0 Å². The smallest absolute Gasteiger partial charge is 0.744 e. The van der Waals surface area contributed by atoms with Crippen LogP contribution in [0.5, 0.6) is 0 Å². The molecule has 41 heavy (non-hydrogen) atoms. The standard InChI is InChI=1S/2C16H26O3S.Zn/c2*1-2-3-4-5-6-7-8-9-12-15-13-10-11-14-16(15)20(17,18)19;/h2*10-11,13-14H,2-9,12H2,1H3,(H,17,18,19);/q;;+2/p-2. The molecule has 0 saturated heterocycles. The van der Waals surface area contributed by atoms with E-state index < -0.39 is 20.2 Å². The third-order valence-corrected chi connectivity index (χ3v) is 8.96. The maximum atomic E-state index is 11.1. The molecule has 228 valence electrons. The Kier molecular flexibility index (Phi) is 22.7. The maximum absolute atomic E-state index is 11.1. The Balaban J connectivity index is 0.000000762. The molecular formula is C32H50O6S2Zn. The number of benzene rings is 2. The molecular weight excluding hydrogens is 610 g/mol. The van der Waals surface area contributed by atoms with Gasteiger partial charge in [-0.05, 0) is 48.9 Å². The molecule has 0 aliphatic carbocycles. The van der Waals surface area contributed by atoms with Crippen molar-refractivity contribution >= 4 is 20.2 Å². The minimum atomic E-state index is -4.34. The van der Waals surface area contributed by atoms with Gasteiger partial charge in [0.1, 0.15) is 20.2 Å². The van der Waals surface area contributed by atoms with E-state index in [-0.39, 0.29) is 29.3 Å². The van der Waals surface area contributed by atoms with Gasteiger partial charge >= 0.3 is 19.5 Å². The Morgan fingerprint density at radius 1 is 0.463 bits per heavy atom. The fourth-order valence-electron chi connectivity index (χ4n) is 4.81. The predicted molar refractivity (Wildman–Crippen MR) is 161 cm³/mol. The van der Waals surface area contributed by atoms with Crippen LogP contribution < -0.4 is 0 Å². The minimum Gasteiger partial charge on any atom is -0.744 e. The Labute approximate surface area is 263 Å². The van der Waals surface area contributed by atoms with E-state index in [0.717, 1.165) is 25.7 Å². The third kappa shape index (κ3) is 18.9. The van der Waals surface area contributed by atoms with Gasteiger partial charge in [-0.3, -0.25) is 0 Å². The minimum absolute atomic E-state index is 0. The maximum Gasteiger partial charge on any atom is 2.00 e. The summed E-state index contributed by atoms with van der Waals surface area (Å²) in [6.45, 7) is 4.42. The molecule has 6 nitrogen and oxygen atoms in total. The van der Waals surface area contributed by atoms with Crippen molar-refractivity contribution in [3.8, 4) is 0 Å². The van der Waals surface area contributed by atoms with E-state index in [4.69, 9.17) is 0 Å². The van der Waals surface area contributed by atoms with Crippen LogP contribution in [-0.2, 0) is 52.6 Å². The fraction of sp³-hybridized carbons (Fsp3) is 0.625. The Morgan fingerprint density at radius 3 is 1.02 bits per heavy atom. The number of aryl methyl sites for hydroxylation is 2. The molecule has 0 spiro atoms. The van der Waals surface area contributed by atoms with Crippen LogP contribution in [0.3, 0.4) is 0 Å². The topological polar surface area (TPSA) is 114 Å². The molecule has 0 bridgehead atoms. The Hall–Kier alpha value is -1.12. The van der Waals surface area contributed by atoms with Gasteiger partial charge in [-0.25, -0.2) is 16.8 Å². The molecule has 9 heteroatoms. The summed E-state index contributed by atoms with van der Waals surface area (Å²) in [5.74, 6) is 0. The van der Waals surface area contributed by atoms with Gasteiger partial charge in [0, 0.05) is 0 Å². The number of hydrogen-bond donors (Lipinski definition) is 0. The zero-order valence-corrected chi connectivity index (χ0v) is 29.9. The molecule has 0 N–H and O–H groups in total. The van der Waals surface area contributed by atoms with Gasteiger partial charge < -0.3 is 9.11 Å². The number of unbranched alkanes of at least 4 members (excludes halogenated alkanes) is 14. The van der Waals surface area contributed by atoms with Crippen molar-refractivity contribution in [2.45, 2.75) is 139 Å². The molecule has 0 saturated carbocycles. The van der Waals surface area contributed by atoms with Crippen LogP contribution in [-0.4, -0.2) is 25.9 Å². The molecule has 0 unspecified atom stereocenters. The van der Waals surface area contributed by atoms with E-state index in [0.29, 0.717) is 24.0 Å². The molecule has 2 aromatic carbocycles. The van der Waals surface area contributed by atoms with Crippen LogP contribution in [0, 0.1) is 0 Å². The molecule has 0 radical (unpaired) electrons. The largest absolute Gasteiger partial charge is 2.00 e. The van der Waals surface area contributed by atoms with Crippen molar-refractivity contribution in [1.82, 2.24) is 0 Å². The number of rotatable bonds is 20. The molecule has 0 aliphatic rings. The zero-order chi connectivity index (χ0) is 29.7. The molecule has 2 rings (SSSR count). The Bertz CT molecular complexity index is 1060. The van der Waals surface area contributed by atoms with E-state index >= 15 is 0 Å². The third-order valence-electron chi connectivity index (χ3n) is 7.08. The Morgan fingerprint density at radius 2 is 0.732 bits per heavy atom. The average molecular weight is 660 g/mol. The predicted octanol–water partition coefficient (Wildman–Crippen LogP) is 8.55. The van der Waals surface area contributed by atoms with Gasteiger partial charge in [-0.2, -0.15) is 0 Å². The van der Waals surface area contributed by atoms with Crippen molar-refractivity contribution in [1.29, 1.82) is 0 Å². The van der Waals surface area contributed by atoms with Crippen LogP contribution in [0.4, 0.5) is 0 Å². The fourth-order valence-corrected chi connectivity index (χ4v) is 6.28. The molecule has 0 amide bonds. The second-order valence-electron chi connectivity index (χ2n) is 10.6. The van der Waals surface area contributed by atoms with E-state index in [1.807, 2.05) is 0 Å². The summed E-state index contributed by atoms with van der Waals surface area (Å²) in [5, 5.41) is 0. The molecule has 0 aromatic heterocycles. The zero-order valence-electron chi connectivity index (χ0n) is 25.3.